The summed E-state index contributed by atoms with van der Waals surface area (Å²) in [6, 6.07) is 5.74. The van der Waals surface area contributed by atoms with Crippen LogP contribution in [0.15, 0.2) is 22.7 Å². The van der Waals surface area contributed by atoms with Crippen LogP contribution in [0.25, 0.3) is 0 Å². The maximum Gasteiger partial charge on any atom is 0.129 e. The summed E-state index contributed by atoms with van der Waals surface area (Å²) >= 11 is 8.48. The van der Waals surface area contributed by atoms with Crippen LogP contribution in [0.5, 0.6) is 5.75 Å². The topological polar surface area (TPSA) is 41.7 Å². The van der Waals surface area contributed by atoms with E-state index in [4.69, 9.17) is 22.7 Å². The molecule has 0 atom stereocenters. The van der Waals surface area contributed by atoms with E-state index >= 15 is 0 Å². The number of nitrogens with two attached hydrogens (primary N) is 1. The molecule has 0 bridgehead atoms. The number of likely N-dealkylation sites (N-methyl/N-ethyl adjacent to an activating group) is 1. The molecular weight excluding hydrogens is 338 g/mol. The lowest BCUT2D eigenvalue weighted by Crippen LogP contribution is -2.45. The SMILES string of the molecule is CN1CCN(CCOc2ccc(Br)cc2C(N)=S)CC1. The van der Waals surface area contributed by atoms with Gasteiger partial charge in [0.1, 0.15) is 17.3 Å². The Morgan fingerprint density at radius 1 is 1.35 bits per heavy atom. The van der Waals surface area contributed by atoms with Crippen molar-refractivity contribution in [1.82, 2.24) is 9.80 Å². The zero-order valence-electron chi connectivity index (χ0n) is 11.6. The van der Waals surface area contributed by atoms with Crippen molar-refractivity contribution in [2.75, 3.05) is 46.4 Å². The second kappa shape index (κ2) is 7.36. The van der Waals surface area contributed by atoms with Crippen LogP contribution in [0.4, 0.5) is 0 Å². The van der Waals surface area contributed by atoms with E-state index in [1.165, 1.54) is 0 Å². The van der Waals surface area contributed by atoms with Gasteiger partial charge in [-0.2, -0.15) is 0 Å². The highest BCUT2D eigenvalue weighted by Crippen LogP contribution is 2.23. The zero-order valence-corrected chi connectivity index (χ0v) is 14.0. The van der Waals surface area contributed by atoms with Crippen LogP contribution in [0.1, 0.15) is 5.56 Å². The Labute approximate surface area is 134 Å². The summed E-state index contributed by atoms with van der Waals surface area (Å²) in [5.41, 5.74) is 6.51. The van der Waals surface area contributed by atoms with Gasteiger partial charge in [0.25, 0.3) is 0 Å². The average molecular weight is 358 g/mol. The van der Waals surface area contributed by atoms with Gasteiger partial charge in [-0.3, -0.25) is 4.90 Å². The molecule has 1 aliphatic heterocycles. The van der Waals surface area contributed by atoms with Crippen LogP contribution < -0.4 is 10.5 Å². The molecule has 2 rings (SSSR count). The number of rotatable bonds is 5. The first kappa shape index (κ1) is 15.7. The van der Waals surface area contributed by atoms with Crippen LogP contribution >= 0.6 is 28.1 Å². The van der Waals surface area contributed by atoms with E-state index in [0.717, 1.165) is 48.5 Å². The first-order chi connectivity index (χ1) is 9.56. The molecule has 110 valence electrons. The number of benzene rings is 1. The smallest absolute Gasteiger partial charge is 0.129 e. The van der Waals surface area contributed by atoms with E-state index in [-0.39, 0.29) is 0 Å². The Kier molecular flexibility index (Phi) is 5.77. The molecule has 1 aromatic carbocycles. The van der Waals surface area contributed by atoms with Crippen molar-refractivity contribution in [3.63, 3.8) is 0 Å². The summed E-state index contributed by atoms with van der Waals surface area (Å²) in [5, 5.41) is 0. The number of hydrogen-bond donors (Lipinski definition) is 1. The number of ether oxygens (including phenoxy) is 1. The number of nitrogens with zero attached hydrogens (tertiary/aromatic N) is 2. The van der Waals surface area contributed by atoms with Gasteiger partial charge < -0.3 is 15.4 Å². The quantitative estimate of drug-likeness (QED) is 0.812. The highest BCUT2D eigenvalue weighted by molar-refractivity contribution is 9.10. The third-order valence-corrected chi connectivity index (χ3v) is 4.18. The molecule has 1 heterocycles. The maximum atomic E-state index is 5.84. The molecule has 0 aliphatic carbocycles. The molecule has 6 heteroatoms. The van der Waals surface area contributed by atoms with Gasteiger partial charge in [-0.25, -0.2) is 0 Å². The minimum absolute atomic E-state index is 0.362. The van der Waals surface area contributed by atoms with Crippen molar-refractivity contribution in [3.05, 3.63) is 28.2 Å². The minimum atomic E-state index is 0.362. The van der Waals surface area contributed by atoms with Crippen molar-refractivity contribution in [1.29, 1.82) is 0 Å². The van der Waals surface area contributed by atoms with Gasteiger partial charge in [0, 0.05) is 37.2 Å². The van der Waals surface area contributed by atoms with Gasteiger partial charge in [0.05, 0.1) is 5.56 Å². The lowest BCUT2D eigenvalue weighted by atomic mass is 10.2. The fourth-order valence-corrected chi connectivity index (χ4v) is 2.70. The second-order valence-corrected chi connectivity index (χ2v) is 6.35. The fourth-order valence-electron chi connectivity index (χ4n) is 2.18. The normalized spacial score (nSPS) is 17.1. The van der Waals surface area contributed by atoms with Gasteiger partial charge in [-0.1, -0.05) is 28.1 Å². The highest BCUT2D eigenvalue weighted by atomic mass is 79.9. The Balaban J connectivity index is 1.86. The van der Waals surface area contributed by atoms with Gasteiger partial charge in [0.15, 0.2) is 0 Å². The van der Waals surface area contributed by atoms with E-state index in [0.29, 0.717) is 11.6 Å². The average Bonchev–Trinajstić information content (AvgIpc) is 2.42. The monoisotopic (exact) mass is 357 g/mol. The molecular formula is C14H20BrN3OS. The Morgan fingerprint density at radius 2 is 2.05 bits per heavy atom. The standard InChI is InChI=1S/C14H20BrN3OS/c1-17-4-6-18(7-5-17)8-9-19-13-3-2-11(15)10-12(13)14(16)20/h2-3,10H,4-9H2,1H3,(H2,16,20). The van der Waals surface area contributed by atoms with E-state index in [2.05, 4.69) is 32.8 Å². The number of piperazine rings is 1. The van der Waals surface area contributed by atoms with Gasteiger partial charge in [-0.05, 0) is 25.2 Å². The van der Waals surface area contributed by atoms with Crippen LogP contribution in [0.2, 0.25) is 0 Å². The molecule has 20 heavy (non-hydrogen) atoms. The maximum absolute atomic E-state index is 5.84. The van der Waals surface area contributed by atoms with Crippen molar-refractivity contribution in [2.24, 2.45) is 5.73 Å². The number of thiocarbonyl (C=S) groups is 1. The van der Waals surface area contributed by atoms with E-state index in [1.54, 1.807) is 0 Å². The highest BCUT2D eigenvalue weighted by Gasteiger charge is 2.14. The number of hydrogen-bond acceptors (Lipinski definition) is 4. The van der Waals surface area contributed by atoms with Crippen molar-refractivity contribution >= 4 is 33.1 Å². The lowest BCUT2D eigenvalue weighted by Gasteiger charge is -2.32. The van der Waals surface area contributed by atoms with Crippen LogP contribution in [-0.2, 0) is 0 Å². The van der Waals surface area contributed by atoms with Gasteiger partial charge in [0.2, 0.25) is 0 Å². The zero-order chi connectivity index (χ0) is 14.5. The van der Waals surface area contributed by atoms with Crippen LogP contribution in [0.3, 0.4) is 0 Å². The first-order valence-corrected chi connectivity index (χ1v) is 7.89. The molecule has 0 radical (unpaired) electrons. The van der Waals surface area contributed by atoms with Gasteiger partial charge >= 0.3 is 0 Å². The molecule has 2 N–H and O–H groups in total. The molecule has 1 aliphatic rings. The molecule has 0 aromatic heterocycles. The summed E-state index contributed by atoms with van der Waals surface area (Å²) in [5.74, 6) is 0.759. The predicted octanol–water partition coefficient (Wildman–Crippen LogP) is 1.71. The molecule has 4 nitrogen and oxygen atoms in total. The third kappa shape index (κ3) is 4.41. The molecule has 1 saturated heterocycles. The summed E-state index contributed by atoms with van der Waals surface area (Å²) in [4.78, 5) is 5.12. The van der Waals surface area contributed by atoms with Crippen molar-refractivity contribution < 1.29 is 4.74 Å². The molecule has 1 aromatic rings. The molecule has 0 unspecified atom stereocenters. The van der Waals surface area contributed by atoms with Crippen molar-refractivity contribution in [3.8, 4) is 5.75 Å². The molecule has 0 saturated carbocycles. The van der Waals surface area contributed by atoms with E-state index < -0.39 is 0 Å². The summed E-state index contributed by atoms with van der Waals surface area (Å²) < 4.78 is 6.79. The Hall–Kier alpha value is -0.690. The summed E-state index contributed by atoms with van der Waals surface area (Å²) in [7, 11) is 2.16. The Morgan fingerprint density at radius 3 is 2.70 bits per heavy atom. The second-order valence-electron chi connectivity index (χ2n) is 5.00. The number of halogens is 1. The molecule has 0 spiro atoms. The fraction of sp³-hybridized carbons (Fsp3) is 0.500. The largest absolute Gasteiger partial charge is 0.492 e. The first-order valence-electron chi connectivity index (χ1n) is 6.69. The Bertz CT molecular complexity index is 475. The summed E-state index contributed by atoms with van der Waals surface area (Å²) in [6.07, 6.45) is 0. The van der Waals surface area contributed by atoms with Crippen molar-refractivity contribution in [2.45, 2.75) is 0 Å². The van der Waals surface area contributed by atoms with Crippen LogP contribution in [0, 0.1) is 0 Å². The third-order valence-electron chi connectivity index (χ3n) is 3.47. The predicted molar refractivity (Wildman–Crippen MR) is 89.5 cm³/mol. The van der Waals surface area contributed by atoms with E-state index in [9.17, 15) is 0 Å². The molecule has 0 amide bonds. The summed E-state index contributed by atoms with van der Waals surface area (Å²) in [6.45, 7) is 6.03. The van der Waals surface area contributed by atoms with Crippen LogP contribution in [-0.4, -0.2) is 61.2 Å². The lowest BCUT2D eigenvalue weighted by molar-refractivity contribution is 0.133. The minimum Gasteiger partial charge on any atom is -0.492 e. The van der Waals surface area contributed by atoms with Gasteiger partial charge in [-0.15, -0.1) is 0 Å². The van der Waals surface area contributed by atoms with E-state index in [1.807, 2.05) is 18.2 Å². The molecule has 1 fully saturated rings.